The molecule has 0 radical (unpaired) electrons. The highest BCUT2D eigenvalue weighted by Gasteiger charge is 2.02. The third kappa shape index (κ3) is 5.93. The summed E-state index contributed by atoms with van der Waals surface area (Å²) >= 11 is 0. The average molecular weight is 152 g/mol. The maximum absolute atomic E-state index is 8.63. The fourth-order valence-corrected chi connectivity index (χ4v) is 0.269. The molecule has 0 aliphatic carbocycles. The van der Waals surface area contributed by atoms with Crippen molar-refractivity contribution >= 4 is 0 Å². The van der Waals surface area contributed by atoms with Gasteiger partial charge in [0.15, 0.2) is 6.29 Å². The monoisotopic (exact) mass is 152 g/mol. The molecule has 0 heterocycles. The van der Waals surface area contributed by atoms with Crippen molar-refractivity contribution in [2.45, 2.75) is 19.3 Å². The molecule has 10 heavy (non-hydrogen) atoms. The summed E-state index contributed by atoms with van der Waals surface area (Å²) in [5.74, 6) is 0. The van der Waals surface area contributed by atoms with E-state index in [-0.39, 0.29) is 13.2 Å². The SMILES string of the molecule is CC(O)OOCC(O)CO. The van der Waals surface area contributed by atoms with Gasteiger partial charge in [0.25, 0.3) is 0 Å². The third-order valence-corrected chi connectivity index (χ3v) is 0.678. The smallest absolute Gasteiger partial charge is 0.185 e. The first-order valence-electron chi connectivity index (χ1n) is 2.92. The van der Waals surface area contributed by atoms with Crippen molar-refractivity contribution in [3.8, 4) is 0 Å². The van der Waals surface area contributed by atoms with Crippen molar-refractivity contribution in [1.82, 2.24) is 0 Å². The molecule has 0 spiro atoms. The number of rotatable bonds is 5. The zero-order chi connectivity index (χ0) is 7.98. The minimum Gasteiger partial charge on any atom is -0.394 e. The minimum absolute atomic E-state index is 0.151. The van der Waals surface area contributed by atoms with E-state index >= 15 is 0 Å². The molecular formula is C5H12O5. The summed E-state index contributed by atoms with van der Waals surface area (Å²) in [6.07, 6.45) is -1.98. The number of hydrogen-bond acceptors (Lipinski definition) is 5. The van der Waals surface area contributed by atoms with Gasteiger partial charge in [-0.15, -0.1) is 0 Å². The van der Waals surface area contributed by atoms with Gasteiger partial charge in [0.05, 0.1) is 6.61 Å². The maximum atomic E-state index is 8.63. The number of aliphatic hydroxyl groups excluding tert-OH is 3. The molecule has 0 aromatic heterocycles. The summed E-state index contributed by atoms with van der Waals surface area (Å²) in [7, 11) is 0. The van der Waals surface area contributed by atoms with Gasteiger partial charge in [-0.2, -0.15) is 0 Å². The number of hydrogen-bond donors (Lipinski definition) is 3. The topological polar surface area (TPSA) is 79.2 Å². The molecule has 0 rings (SSSR count). The van der Waals surface area contributed by atoms with Crippen LogP contribution in [0.5, 0.6) is 0 Å². The summed E-state index contributed by atoms with van der Waals surface area (Å²) in [5.41, 5.74) is 0. The van der Waals surface area contributed by atoms with Crippen LogP contribution in [0.3, 0.4) is 0 Å². The predicted molar refractivity (Wildman–Crippen MR) is 31.8 cm³/mol. The number of aliphatic hydroxyl groups is 3. The third-order valence-electron chi connectivity index (χ3n) is 0.678. The first-order chi connectivity index (χ1) is 4.66. The largest absolute Gasteiger partial charge is 0.394 e. The zero-order valence-electron chi connectivity index (χ0n) is 5.73. The van der Waals surface area contributed by atoms with E-state index in [1.54, 1.807) is 0 Å². The first-order valence-corrected chi connectivity index (χ1v) is 2.92. The summed E-state index contributed by atoms with van der Waals surface area (Å²) in [5, 5.41) is 25.3. The van der Waals surface area contributed by atoms with Crippen molar-refractivity contribution in [3.05, 3.63) is 0 Å². The molecule has 5 nitrogen and oxygen atoms in total. The molecule has 2 atom stereocenters. The van der Waals surface area contributed by atoms with Gasteiger partial charge in [-0.1, -0.05) is 0 Å². The van der Waals surface area contributed by atoms with Gasteiger partial charge < -0.3 is 15.3 Å². The van der Waals surface area contributed by atoms with Gasteiger partial charge in [-0.3, -0.25) is 0 Å². The van der Waals surface area contributed by atoms with Gasteiger partial charge in [0.2, 0.25) is 0 Å². The molecule has 0 aliphatic rings. The van der Waals surface area contributed by atoms with E-state index in [1.807, 2.05) is 0 Å². The van der Waals surface area contributed by atoms with E-state index in [2.05, 4.69) is 9.78 Å². The second kappa shape index (κ2) is 5.57. The van der Waals surface area contributed by atoms with Crippen molar-refractivity contribution in [3.63, 3.8) is 0 Å². The Bertz CT molecular complexity index is 74.4. The Kier molecular flexibility index (Phi) is 5.46. The molecule has 0 aromatic carbocycles. The van der Waals surface area contributed by atoms with Crippen LogP contribution in [0.25, 0.3) is 0 Å². The Labute approximate surface area is 58.7 Å². The van der Waals surface area contributed by atoms with Gasteiger partial charge in [-0.05, 0) is 6.92 Å². The lowest BCUT2D eigenvalue weighted by Gasteiger charge is -2.08. The van der Waals surface area contributed by atoms with Gasteiger partial charge in [0.1, 0.15) is 12.7 Å². The van der Waals surface area contributed by atoms with Crippen LogP contribution < -0.4 is 0 Å². The van der Waals surface area contributed by atoms with E-state index in [0.717, 1.165) is 0 Å². The average Bonchev–Trinajstić information content (AvgIpc) is 1.87. The Balaban J connectivity index is 3.03. The second-order valence-corrected chi connectivity index (χ2v) is 1.82. The van der Waals surface area contributed by atoms with Crippen molar-refractivity contribution < 1.29 is 25.1 Å². The highest BCUT2D eigenvalue weighted by atomic mass is 17.2. The lowest BCUT2D eigenvalue weighted by atomic mass is 10.4. The summed E-state index contributed by atoms with van der Waals surface area (Å²) in [6, 6.07) is 0. The van der Waals surface area contributed by atoms with Crippen molar-refractivity contribution in [1.29, 1.82) is 0 Å². The first kappa shape index (κ1) is 9.80. The normalized spacial score (nSPS) is 16.8. The maximum Gasteiger partial charge on any atom is 0.185 e. The van der Waals surface area contributed by atoms with Crippen LogP contribution in [0.4, 0.5) is 0 Å². The second-order valence-electron chi connectivity index (χ2n) is 1.82. The molecule has 0 amide bonds. The Morgan fingerprint density at radius 2 is 2.00 bits per heavy atom. The van der Waals surface area contributed by atoms with E-state index < -0.39 is 12.4 Å². The van der Waals surface area contributed by atoms with Gasteiger partial charge in [0, 0.05) is 0 Å². The van der Waals surface area contributed by atoms with E-state index in [9.17, 15) is 0 Å². The fourth-order valence-electron chi connectivity index (χ4n) is 0.269. The van der Waals surface area contributed by atoms with Crippen LogP contribution in [0.15, 0.2) is 0 Å². The lowest BCUT2D eigenvalue weighted by Crippen LogP contribution is -2.21. The molecule has 62 valence electrons. The van der Waals surface area contributed by atoms with E-state index in [1.165, 1.54) is 6.92 Å². The predicted octanol–water partition coefficient (Wildman–Crippen LogP) is -1.37. The molecule has 3 N–H and O–H groups in total. The summed E-state index contributed by atoms with van der Waals surface area (Å²) < 4.78 is 0. The molecule has 0 saturated heterocycles. The quantitative estimate of drug-likeness (QED) is 0.257. The van der Waals surface area contributed by atoms with E-state index in [0.29, 0.717) is 0 Å². The molecule has 0 bridgehead atoms. The molecular weight excluding hydrogens is 140 g/mol. The Hall–Kier alpha value is -0.200. The standard InChI is InChI=1S/C5H12O5/c1-4(7)10-9-3-5(8)2-6/h4-8H,2-3H2,1H3. The van der Waals surface area contributed by atoms with E-state index in [4.69, 9.17) is 15.3 Å². The van der Waals surface area contributed by atoms with Crippen molar-refractivity contribution in [2.75, 3.05) is 13.2 Å². The molecule has 0 aliphatic heterocycles. The lowest BCUT2D eigenvalue weighted by molar-refractivity contribution is -0.371. The fraction of sp³-hybridized carbons (Fsp3) is 1.00. The Morgan fingerprint density at radius 3 is 2.40 bits per heavy atom. The van der Waals surface area contributed by atoms with Crippen LogP contribution in [-0.4, -0.2) is 40.9 Å². The highest BCUT2D eigenvalue weighted by Crippen LogP contribution is 1.88. The molecule has 0 saturated carbocycles. The van der Waals surface area contributed by atoms with Crippen LogP contribution in [-0.2, 0) is 9.78 Å². The van der Waals surface area contributed by atoms with Gasteiger partial charge in [-0.25, -0.2) is 9.78 Å². The molecule has 0 aromatic rings. The zero-order valence-corrected chi connectivity index (χ0v) is 5.73. The van der Waals surface area contributed by atoms with Crippen LogP contribution in [0.1, 0.15) is 6.92 Å². The van der Waals surface area contributed by atoms with Crippen molar-refractivity contribution in [2.24, 2.45) is 0 Å². The minimum atomic E-state index is -1.02. The van der Waals surface area contributed by atoms with Gasteiger partial charge >= 0.3 is 0 Å². The van der Waals surface area contributed by atoms with Crippen LogP contribution >= 0.6 is 0 Å². The molecule has 5 heteroatoms. The summed E-state index contributed by atoms with van der Waals surface area (Å²) in [4.78, 5) is 8.49. The van der Waals surface area contributed by atoms with Crippen LogP contribution in [0, 0.1) is 0 Å². The molecule has 0 fully saturated rings. The Morgan fingerprint density at radius 1 is 1.40 bits per heavy atom. The molecule has 2 unspecified atom stereocenters. The summed E-state index contributed by atoms with van der Waals surface area (Å²) in [6.45, 7) is 0.829. The highest BCUT2D eigenvalue weighted by molar-refractivity contribution is 4.45. The van der Waals surface area contributed by atoms with Crippen LogP contribution in [0.2, 0.25) is 0 Å².